The lowest BCUT2D eigenvalue weighted by Gasteiger charge is -2.31. The molecule has 6 nitrogen and oxygen atoms in total. The van der Waals surface area contributed by atoms with Crippen molar-refractivity contribution in [2.75, 3.05) is 9.80 Å². The highest BCUT2D eigenvalue weighted by Gasteiger charge is 2.36. The summed E-state index contributed by atoms with van der Waals surface area (Å²) in [4.78, 5) is 4.88. The van der Waals surface area contributed by atoms with Gasteiger partial charge in [0.1, 0.15) is 0 Å². The van der Waals surface area contributed by atoms with Crippen LogP contribution in [0.2, 0.25) is 0 Å². The predicted octanol–water partition coefficient (Wildman–Crippen LogP) is 28.1. The third-order valence-corrected chi connectivity index (χ3v) is 23.8. The molecule has 0 N–H and O–H groups in total. The molecule has 6 heterocycles. The largest absolute Gasteiger partial charge is 0.317 e. The lowest BCUT2D eigenvalue weighted by atomic mass is 9.82. The number of rotatable bonds is 12. The molecule has 0 amide bonds. The SMILES string of the molecule is C=C/C(=C\C=C\c1cccc2ccccc2n(-c2ccccc2)cc1)N(C1=CC=C(C2=CC=CCC2)CC1)c1ccc2c(c1)c1cccc3c4ccccc4n2c31.CC1(C)c2ccccc2-c2ccc(N(c3ccc4c(c3)c3ccccc3n4-c3ccccc3)c3ccc4c(c3)c3cccc5c6ccccc6n4c53)cc21. The van der Waals surface area contributed by atoms with E-state index in [4.69, 9.17) is 0 Å². The molecule has 0 aliphatic heterocycles. The van der Waals surface area contributed by atoms with E-state index in [2.05, 4.69) is 418 Å². The van der Waals surface area contributed by atoms with Gasteiger partial charge in [-0.15, -0.1) is 0 Å². The molecule has 3 aliphatic carbocycles. The average Bonchev–Trinajstić information content (AvgIpc) is 1.55. The molecular weight excluding hydrogens is 1350 g/mol. The molecule has 0 fully saturated rings. The molecule has 0 radical (unpaired) electrons. The molecule has 0 atom stereocenters. The maximum absolute atomic E-state index is 4.37. The Morgan fingerprint density at radius 2 is 0.883 bits per heavy atom. The second-order valence-corrected chi connectivity index (χ2v) is 30.2. The van der Waals surface area contributed by atoms with E-state index in [-0.39, 0.29) is 5.41 Å². The van der Waals surface area contributed by atoms with E-state index in [0.29, 0.717) is 0 Å². The number of benzene rings is 13. The van der Waals surface area contributed by atoms with Gasteiger partial charge in [-0.05, 0) is 210 Å². The normalized spacial score (nSPS) is 14.1. The topological polar surface area (TPSA) is 25.2 Å². The first-order valence-electron chi connectivity index (χ1n) is 38.8. The lowest BCUT2D eigenvalue weighted by Crippen LogP contribution is -2.22. The van der Waals surface area contributed by atoms with Crippen LogP contribution in [0.4, 0.5) is 22.7 Å². The summed E-state index contributed by atoms with van der Waals surface area (Å²) in [5.41, 5.74) is 29.5. The van der Waals surface area contributed by atoms with Crippen LogP contribution in [0, 0.1) is 0 Å². The fraction of sp³-hybridized carbons (Fsp3) is 0.0667. The Labute approximate surface area is 644 Å². The molecule has 6 heteroatoms. The molecule has 528 valence electrons. The molecular formula is C105H78N6. The summed E-state index contributed by atoms with van der Waals surface area (Å²) in [6, 6.07) is 115. The standard InChI is InChI=1S/C54H43N3.C51H35N3/c1-2-43(24-14-17-39-16-13-21-42-20-9-11-28-51(42)55(37-36-39)44-22-7-4-8-23-44)56(45-32-30-41(31-33-45)40-18-5-3-6-19-40)46-34-35-53-50(38-46)49-27-15-26-48-47-25-10-12-29-52(47)57(53)54(48)49;1-51(2)44-20-9-6-15-36(44)37-26-23-35(31-45(37)51)52(33-24-27-48-42(29-33)39-17-8-10-21-46(39)53(48)32-13-4-3-5-14-32)34-25-28-49-43(30-34)41-19-12-18-40-38-16-7-11-22-47(38)54(49)50(40)41/h2-5,7-18,20-30,32,34-38H,1,6,19,31,33H2;3-31H,1-2H3/b17-14+,21-13?,37-36?,39-16?,43-24+;. The zero-order chi connectivity index (χ0) is 73.8. The maximum atomic E-state index is 4.37. The highest BCUT2D eigenvalue weighted by Crippen LogP contribution is 2.52. The monoisotopic (exact) mass is 1420 g/mol. The first-order valence-corrected chi connectivity index (χ1v) is 38.8. The van der Waals surface area contributed by atoms with Crippen LogP contribution in [0.15, 0.2) is 399 Å². The van der Waals surface area contributed by atoms with E-state index in [9.17, 15) is 0 Å². The van der Waals surface area contributed by atoms with Crippen LogP contribution >= 0.6 is 0 Å². The second kappa shape index (κ2) is 26.5. The fourth-order valence-electron chi connectivity index (χ4n) is 18.6. The van der Waals surface area contributed by atoms with Crippen molar-refractivity contribution in [1.82, 2.24) is 17.9 Å². The van der Waals surface area contributed by atoms with Gasteiger partial charge in [-0.3, -0.25) is 0 Å². The summed E-state index contributed by atoms with van der Waals surface area (Å²) >= 11 is 0. The molecule has 13 aromatic carbocycles. The zero-order valence-corrected chi connectivity index (χ0v) is 62.0. The summed E-state index contributed by atoms with van der Waals surface area (Å²) in [5, 5.41) is 13.9. The quantitative estimate of drug-likeness (QED) is 0.114. The Morgan fingerprint density at radius 3 is 1.54 bits per heavy atom. The number of nitrogens with zero attached hydrogens (tertiary/aromatic N) is 6. The minimum atomic E-state index is -0.112. The number of fused-ring (bicyclic) bond motifs is 19. The van der Waals surface area contributed by atoms with Gasteiger partial charge >= 0.3 is 0 Å². The van der Waals surface area contributed by atoms with E-state index in [1.54, 1.807) is 0 Å². The van der Waals surface area contributed by atoms with Gasteiger partial charge < -0.3 is 27.7 Å². The second-order valence-electron chi connectivity index (χ2n) is 30.2. The van der Waals surface area contributed by atoms with Crippen molar-refractivity contribution in [2.24, 2.45) is 0 Å². The molecule has 111 heavy (non-hydrogen) atoms. The Hall–Kier alpha value is -13.9. The molecule has 22 rings (SSSR count). The molecule has 0 unspecified atom stereocenters. The van der Waals surface area contributed by atoms with Crippen molar-refractivity contribution in [2.45, 2.75) is 44.9 Å². The lowest BCUT2D eigenvalue weighted by molar-refractivity contribution is 0.660. The van der Waals surface area contributed by atoms with Crippen LogP contribution < -0.4 is 9.80 Å². The van der Waals surface area contributed by atoms with Crippen LogP contribution in [-0.4, -0.2) is 17.9 Å². The van der Waals surface area contributed by atoms with Gasteiger partial charge in [0.15, 0.2) is 0 Å². The summed E-state index contributed by atoms with van der Waals surface area (Å²) in [7, 11) is 0. The van der Waals surface area contributed by atoms with Crippen molar-refractivity contribution in [3.63, 3.8) is 0 Å². The van der Waals surface area contributed by atoms with E-state index >= 15 is 0 Å². The fourth-order valence-corrected chi connectivity index (χ4v) is 18.6. The molecule has 3 aliphatic rings. The number of hydrogen-bond donors (Lipinski definition) is 0. The van der Waals surface area contributed by atoms with Crippen molar-refractivity contribution in [3.05, 3.63) is 416 Å². The molecule has 0 saturated heterocycles. The van der Waals surface area contributed by atoms with Gasteiger partial charge in [-0.25, -0.2) is 0 Å². The average molecular weight is 1420 g/mol. The molecule has 19 aromatic rings. The van der Waals surface area contributed by atoms with Crippen molar-refractivity contribution >= 4 is 138 Å². The number of anilines is 4. The van der Waals surface area contributed by atoms with Gasteiger partial charge in [-0.1, -0.05) is 251 Å². The number of para-hydroxylation sites is 8. The predicted molar refractivity (Wildman–Crippen MR) is 471 cm³/mol. The zero-order valence-electron chi connectivity index (χ0n) is 62.0. The van der Waals surface area contributed by atoms with E-state index in [1.165, 1.54) is 137 Å². The van der Waals surface area contributed by atoms with Gasteiger partial charge in [0, 0.05) is 111 Å². The van der Waals surface area contributed by atoms with E-state index < -0.39 is 0 Å². The molecule has 0 bridgehead atoms. The van der Waals surface area contributed by atoms with Gasteiger partial charge in [0.05, 0.1) is 49.7 Å². The Kier molecular flexibility index (Phi) is 15.6. The first-order chi connectivity index (χ1) is 54.8. The van der Waals surface area contributed by atoms with Crippen LogP contribution in [0.3, 0.4) is 0 Å². The summed E-state index contributed by atoms with van der Waals surface area (Å²) < 4.78 is 9.55. The van der Waals surface area contributed by atoms with Crippen LogP contribution in [0.1, 0.15) is 56.2 Å². The van der Waals surface area contributed by atoms with E-state index in [1.807, 2.05) is 6.08 Å². The summed E-state index contributed by atoms with van der Waals surface area (Å²) in [6.45, 7) is 9.10. The Morgan fingerprint density at radius 1 is 0.387 bits per heavy atom. The smallest absolute Gasteiger partial charge is 0.0620 e. The van der Waals surface area contributed by atoms with Crippen molar-refractivity contribution in [1.29, 1.82) is 0 Å². The molecule has 0 saturated carbocycles. The van der Waals surface area contributed by atoms with Crippen LogP contribution in [-0.2, 0) is 5.41 Å². The molecule has 0 spiro atoms. The van der Waals surface area contributed by atoms with Gasteiger partial charge in [0.2, 0.25) is 0 Å². The third-order valence-electron chi connectivity index (χ3n) is 23.8. The van der Waals surface area contributed by atoms with Gasteiger partial charge in [-0.2, -0.15) is 0 Å². The summed E-state index contributed by atoms with van der Waals surface area (Å²) in [5.74, 6) is 0. The van der Waals surface area contributed by atoms with Crippen LogP contribution in [0.5, 0.6) is 0 Å². The minimum Gasteiger partial charge on any atom is -0.317 e. The number of hydrogen-bond acceptors (Lipinski definition) is 2. The van der Waals surface area contributed by atoms with Crippen molar-refractivity contribution < 1.29 is 0 Å². The molecule has 6 aromatic heterocycles. The maximum Gasteiger partial charge on any atom is 0.0620 e. The first kappa shape index (κ1) is 65.4. The minimum absolute atomic E-state index is 0.112. The highest BCUT2D eigenvalue weighted by atomic mass is 15.2. The number of allylic oxidation sites excluding steroid dienone is 11. The van der Waals surface area contributed by atoms with Crippen LogP contribution in [0.25, 0.3) is 137 Å². The Balaban J connectivity index is 0.000000141. The highest BCUT2D eigenvalue weighted by molar-refractivity contribution is 6.25. The number of aromatic nitrogens is 4. The van der Waals surface area contributed by atoms with Gasteiger partial charge in [0.25, 0.3) is 0 Å². The Bertz CT molecular complexity index is 7260. The van der Waals surface area contributed by atoms with E-state index in [0.717, 1.165) is 82.0 Å². The summed E-state index contributed by atoms with van der Waals surface area (Å²) in [6.07, 6.45) is 26.3. The third kappa shape index (κ3) is 10.7. The van der Waals surface area contributed by atoms with Crippen molar-refractivity contribution in [3.8, 4) is 22.5 Å².